The number of ether oxygens (including phenoxy) is 1. The van der Waals surface area contributed by atoms with Gasteiger partial charge in [0.2, 0.25) is 0 Å². The molecule has 9 heteroatoms. The summed E-state index contributed by atoms with van der Waals surface area (Å²) >= 11 is 0. The first-order chi connectivity index (χ1) is 15.7. The number of nitriles is 1. The van der Waals surface area contributed by atoms with Crippen LogP contribution < -0.4 is 10.2 Å². The minimum Gasteiger partial charge on any atom is -0.444 e. The van der Waals surface area contributed by atoms with Gasteiger partial charge in [0, 0.05) is 57.2 Å². The molecule has 2 heterocycles. The maximum Gasteiger partial charge on any atom is 0.410 e. The van der Waals surface area contributed by atoms with Crippen LogP contribution in [0.25, 0.3) is 0 Å². The van der Waals surface area contributed by atoms with Gasteiger partial charge in [-0.3, -0.25) is 4.79 Å². The van der Waals surface area contributed by atoms with Crippen molar-refractivity contribution in [2.24, 2.45) is 0 Å². The summed E-state index contributed by atoms with van der Waals surface area (Å²) in [6, 6.07) is 8.39. The fourth-order valence-electron chi connectivity index (χ4n) is 3.89. The first kappa shape index (κ1) is 24.4. The molecule has 178 valence electrons. The molecule has 0 radical (unpaired) electrons. The molecule has 1 aromatic carbocycles. The summed E-state index contributed by atoms with van der Waals surface area (Å²) in [6.07, 6.45) is 2.60. The Balaban J connectivity index is 1.47. The van der Waals surface area contributed by atoms with Gasteiger partial charge < -0.3 is 24.8 Å². The van der Waals surface area contributed by atoms with E-state index in [9.17, 15) is 19.2 Å². The van der Waals surface area contributed by atoms with Crippen LogP contribution >= 0.6 is 0 Å². The highest BCUT2D eigenvalue weighted by atomic mass is 19.1. The van der Waals surface area contributed by atoms with Crippen LogP contribution in [0.5, 0.6) is 0 Å². The molecule has 1 aromatic rings. The van der Waals surface area contributed by atoms with Gasteiger partial charge in [-0.1, -0.05) is 0 Å². The minimum absolute atomic E-state index is 0.0693. The molecule has 2 aliphatic rings. The van der Waals surface area contributed by atoms with E-state index in [4.69, 9.17) is 4.74 Å². The summed E-state index contributed by atoms with van der Waals surface area (Å²) in [4.78, 5) is 30.5. The third-order valence-electron chi connectivity index (χ3n) is 5.72. The number of hydrogen-bond acceptors (Lipinski definition) is 6. The fourth-order valence-corrected chi connectivity index (χ4v) is 3.89. The summed E-state index contributed by atoms with van der Waals surface area (Å²) in [6.45, 7) is 8.85. The minimum atomic E-state index is -0.526. The molecule has 0 unspecified atom stereocenters. The third kappa shape index (κ3) is 6.85. The van der Waals surface area contributed by atoms with Crippen LogP contribution in [0.4, 0.5) is 14.9 Å². The highest BCUT2D eigenvalue weighted by Gasteiger charge is 2.27. The van der Waals surface area contributed by atoms with Gasteiger partial charge in [-0.25, -0.2) is 9.18 Å². The molecular formula is C24H32FN5O3. The molecule has 0 atom stereocenters. The summed E-state index contributed by atoms with van der Waals surface area (Å²) in [5, 5.41) is 12.7. The summed E-state index contributed by atoms with van der Waals surface area (Å²) in [7, 11) is 0. The lowest BCUT2D eigenvalue weighted by atomic mass is 10.1. The number of anilines is 1. The number of piperazine rings is 1. The molecular weight excluding hydrogens is 425 g/mol. The molecule has 33 heavy (non-hydrogen) atoms. The predicted molar refractivity (Wildman–Crippen MR) is 123 cm³/mol. The third-order valence-corrected chi connectivity index (χ3v) is 5.72. The van der Waals surface area contributed by atoms with Crippen LogP contribution in [0.2, 0.25) is 0 Å². The lowest BCUT2D eigenvalue weighted by molar-refractivity contribution is -0.127. The molecule has 2 fully saturated rings. The zero-order valence-electron chi connectivity index (χ0n) is 19.5. The average Bonchev–Trinajstić information content (AvgIpc) is 2.79. The number of carbonyl (C=O) groups is 2. The Morgan fingerprint density at radius 1 is 1.06 bits per heavy atom. The van der Waals surface area contributed by atoms with Gasteiger partial charge in [0.15, 0.2) is 0 Å². The number of amides is 2. The molecule has 2 saturated heterocycles. The molecule has 1 N–H and O–H groups in total. The Morgan fingerprint density at radius 3 is 2.21 bits per heavy atom. The van der Waals surface area contributed by atoms with E-state index in [0.717, 1.165) is 5.69 Å². The molecule has 2 aliphatic heterocycles. The Hall–Kier alpha value is -3.28. The second-order valence-electron chi connectivity index (χ2n) is 9.33. The second kappa shape index (κ2) is 10.6. The van der Waals surface area contributed by atoms with Crippen molar-refractivity contribution in [2.75, 3.05) is 44.2 Å². The second-order valence-corrected chi connectivity index (χ2v) is 9.33. The number of nitrogens with zero attached hydrogens (tertiary/aromatic N) is 4. The Morgan fingerprint density at radius 2 is 1.67 bits per heavy atom. The van der Waals surface area contributed by atoms with E-state index >= 15 is 0 Å². The van der Waals surface area contributed by atoms with Crippen LogP contribution in [0, 0.1) is 17.1 Å². The maximum absolute atomic E-state index is 13.1. The van der Waals surface area contributed by atoms with Crippen molar-refractivity contribution >= 4 is 17.7 Å². The zero-order chi connectivity index (χ0) is 24.0. The van der Waals surface area contributed by atoms with E-state index in [1.807, 2.05) is 26.8 Å². The van der Waals surface area contributed by atoms with Gasteiger partial charge in [-0.05, 0) is 57.9 Å². The molecule has 0 aliphatic carbocycles. The average molecular weight is 458 g/mol. The van der Waals surface area contributed by atoms with Gasteiger partial charge in [-0.2, -0.15) is 5.26 Å². The molecule has 0 aromatic heterocycles. The number of piperidine rings is 1. The molecule has 0 bridgehead atoms. The van der Waals surface area contributed by atoms with Crippen molar-refractivity contribution in [2.45, 2.75) is 45.3 Å². The number of benzene rings is 1. The monoisotopic (exact) mass is 457 g/mol. The lowest BCUT2D eigenvalue weighted by Crippen LogP contribution is -2.49. The topological polar surface area (TPSA) is 88.9 Å². The highest BCUT2D eigenvalue weighted by molar-refractivity contribution is 5.97. The number of nitrogens with one attached hydrogen (secondary N) is 1. The smallest absolute Gasteiger partial charge is 0.410 e. The van der Waals surface area contributed by atoms with Crippen LogP contribution in [0.1, 0.15) is 33.6 Å². The molecule has 0 saturated carbocycles. The maximum atomic E-state index is 13.1. The van der Waals surface area contributed by atoms with Crippen molar-refractivity contribution in [3.8, 4) is 6.07 Å². The lowest BCUT2D eigenvalue weighted by Gasteiger charge is -2.36. The van der Waals surface area contributed by atoms with Gasteiger partial charge in [0.05, 0.1) is 0 Å². The summed E-state index contributed by atoms with van der Waals surface area (Å²) in [5.74, 6) is -0.575. The number of hydrogen-bond donors (Lipinski definition) is 1. The Labute approximate surface area is 194 Å². The van der Waals surface area contributed by atoms with Gasteiger partial charge in [0.25, 0.3) is 5.91 Å². The zero-order valence-corrected chi connectivity index (χ0v) is 19.5. The van der Waals surface area contributed by atoms with Gasteiger partial charge in [-0.15, -0.1) is 0 Å². The standard InChI is InChI=1S/C24H32FN5O3/c1-24(2,3)33-23(32)30-10-8-20(9-11-30)27-17-18(16-26)22(31)29-14-12-28(13-15-29)21-6-4-19(25)5-7-21/h4-7,17,20,27H,8-15H2,1-3H3/b18-17-. The molecule has 8 nitrogen and oxygen atoms in total. The number of likely N-dealkylation sites (tertiary alicyclic amines) is 1. The van der Waals surface area contributed by atoms with E-state index in [-0.39, 0.29) is 29.4 Å². The number of carbonyl (C=O) groups excluding carboxylic acids is 2. The SMILES string of the molecule is CC(C)(C)OC(=O)N1CCC(N/C=C(/C#N)C(=O)N2CCN(c3ccc(F)cc3)CC2)CC1. The summed E-state index contributed by atoms with van der Waals surface area (Å²) < 4.78 is 18.5. The van der Waals surface area contributed by atoms with Crippen LogP contribution in [0.3, 0.4) is 0 Å². The van der Waals surface area contributed by atoms with Gasteiger partial charge in [0.1, 0.15) is 23.1 Å². The first-order valence-electron chi connectivity index (χ1n) is 11.3. The quantitative estimate of drug-likeness (QED) is 0.553. The van der Waals surface area contributed by atoms with Crippen molar-refractivity contribution < 1.29 is 18.7 Å². The normalized spacial score (nSPS) is 18.0. The highest BCUT2D eigenvalue weighted by Crippen LogP contribution is 2.18. The molecule has 0 spiro atoms. The van der Waals surface area contributed by atoms with Crippen molar-refractivity contribution in [3.63, 3.8) is 0 Å². The predicted octanol–water partition coefficient (Wildman–Crippen LogP) is 2.87. The molecule has 2 amide bonds. The fraction of sp³-hybridized carbons (Fsp3) is 0.542. The number of rotatable bonds is 4. The first-order valence-corrected chi connectivity index (χ1v) is 11.3. The number of halogens is 1. The van der Waals surface area contributed by atoms with E-state index < -0.39 is 5.60 Å². The van der Waals surface area contributed by atoms with Crippen LogP contribution in [0.15, 0.2) is 36.0 Å². The Bertz CT molecular complexity index is 904. The van der Waals surface area contributed by atoms with E-state index in [1.54, 1.807) is 21.9 Å². The van der Waals surface area contributed by atoms with Gasteiger partial charge >= 0.3 is 6.09 Å². The van der Waals surface area contributed by atoms with Crippen LogP contribution in [-0.4, -0.2) is 72.7 Å². The van der Waals surface area contributed by atoms with Crippen molar-refractivity contribution in [3.05, 3.63) is 41.9 Å². The van der Waals surface area contributed by atoms with Crippen molar-refractivity contribution in [1.29, 1.82) is 5.26 Å². The summed E-state index contributed by atoms with van der Waals surface area (Å²) in [5.41, 5.74) is 0.459. The van der Waals surface area contributed by atoms with Crippen molar-refractivity contribution in [1.82, 2.24) is 15.1 Å². The van der Waals surface area contributed by atoms with E-state index in [1.165, 1.54) is 18.3 Å². The van der Waals surface area contributed by atoms with Crippen LogP contribution in [-0.2, 0) is 9.53 Å². The largest absolute Gasteiger partial charge is 0.444 e. The van der Waals surface area contributed by atoms with E-state index in [0.29, 0.717) is 52.1 Å². The molecule has 3 rings (SSSR count). The Kier molecular flexibility index (Phi) is 7.79. The van der Waals surface area contributed by atoms with E-state index in [2.05, 4.69) is 10.2 Å².